The van der Waals surface area contributed by atoms with Gasteiger partial charge in [0.05, 0.1) is 27.7 Å². The molecule has 0 spiro atoms. The summed E-state index contributed by atoms with van der Waals surface area (Å²) in [5.74, 6) is 1.38. The van der Waals surface area contributed by atoms with Gasteiger partial charge in [0.25, 0.3) is 0 Å². The number of anilines is 1. The van der Waals surface area contributed by atoms with Crippen LogP contribution in [-0.4, -0.2) is 23.6 Å². The van der Waals surface area contributed by atoms with E-state index in [1.165, 1.54) is 0 Å². The molecular weight excluding hydrogens is 410 g/mol. The lowest BCUT2D eigenvalue weighted by Crippen LogP contribution is -2.03. The number of nitrogens with two attached hydrogens (primary N) is 1. The maximum atomic E-state index is 12.1. The number of nitrogens with zero attached hydrogens (tertiary/aromatic N) is 2. The topological polar surface area (TPSA) is 86.7 Å². The molecular formula is C24H25N3O3S. The average molecular weight is 436 g/mol. The molecule has 0 saturated carbocycles. The Balaban J connectivity index is 1.68. The Bertz CT molecular complexity index is 1340. The molecule has 160 valence electrons. The van der Waals surface area contributed by atoms with Crippen LogP contribution in [-0.2, 0) is 9.84 Å². The van der Waals surface area contributed by atoms with Crippen molar-refractivity contribution in [2.24, 2.45) is 0 Å². The highest BCUT2D eigenvalue weighted by molar-refractivity contribution is 7.91. The molecule has 2 N–H and O–H groups in total. The van der Waals surface area contributed by atoms with Crippen LogP contribution in [0.1, 0.15) is 32.4 Å². The van der Waals surface area contributed by atoms with Crippen molar-refractivity contribution in [3.63, 3.8) is 0 Å². The van der Waals surface area contributed by atoms with Gasteiger partial charge < -0.3 is 10.5 Å². The third-order valence-electron chi connectivity index (χ3n) is 5.16. The number of hydrogen-bond acceptors (Lipinski definition) is 5. The van der Waals surface area contributed by atoms with Gasteiger partial charge in [-0.2, -0.15) is 0 Å². The number of aromatic nitrogens is 2. The third-order valence-corrected chi connectivity index (χ3v) is 6.89. The van der Waals surface area contributed by atoms with Crippen molar-refractivity contribution in [1.82, 2.24) is 9.38 Å². The first-order valence-corrected chi connectivity index (χ1v) is 11.8. The maximum Gasteiger partial charge on any atom is 0.178 e. The van der Waals surface area contributed by atoms with Crippen molar-refractivity contribution >= 4 is 21.2 Å². The molecule has 2 aromatic carbocycles. The number of hydrogen-bond donors (Lipinski definition) is 1. The molecule has 0 aliphatic heterocycles. The summed E-state index contributed by atoms with van der Waals surface area (Å²) in [6.07, 6.45) is 1.96. The molecule has 2 aromatic heterocycles. The second-order valence-electron chi connectivity index (χ2n) is 7.66. The quantitative estimate of drug-likeness (QED) is 0.444. The minimum absolute atomic E-state index is 0.0488. The summed E-state index contributed by atoms with van der Waals surface area (Å²) in [5.41, 5.74) is 10.5. The van der Waals surface area contributed by atoms with Crippen LogP contribution in [0.2, 0.25) is 0 Å². The van der Waals surface area contributed by atoms with Crippen molar-refractivity contribution in [3.05, 3.63) is 72.6 Å². The Labute approximate surface area is 182 Å². The third kappa shape index (κ3) is 4.01. The van der Waals surface area contributed by atoms with Crippen LogP contribution in [0.4, 0.5) is 5.69 Å². The van der Waals surface area contributed by atoms with Gasteiger partial charge in [0.2, 0.25) is 0 Å². The first-order chi connectivity index (χ1) is 14.8. The molecule has 4 rings (SSSR count). The van der Waals surface area contributed by atoms with Crippen LogP contribution < -0.4 is 10.5 Å². The van der Waals surface area contributed by atoms with E-state index in [4.69, 9.17) is 15.5 Å². The molecule has 0 unspecified atom stereocenters. The molecule has 0 atom stereocenters. The van der Waals surface area contributed by atoms with E-state index in [1.54, 1.807) is 31.2 Å². The highest BCUT2D eigenvalue weighted by Gasteiger charge is 2.18. The van der Waals surface area contributed by atoms with Gasteiger partial charge in [0.1, 0.15) is 11.5 Å². The molecule has 7 heteroatoms. The minimum atomic E-state index is -3.29. The molecule has 0 radical (unpaired) electrons. The van der Waals surface area contributed by atoms with Crippen LogP contribution >= 0.6 is 0 Å². The van der Waals surface area contributed by atoms with Crippen molar-refractivity contribution < 1.29 is 13.2 Å². The maximum absolute atomic E-state index is 12.1. The predicted octanol–water partition coefficient (Wildman–Crippen LogP) is 5.29. The molecule has 4 aromatic rings. The number of benzene rings is 2. The van der Waals surface area contributed by atoms with Crippen LogP contribution in [0.15, 0.2) is 71.8 Å². The van der Waals surface area contributed by atoms with Gasteiger partial charge in [-0.1, -0.05) is 26.8 Å². The number of rotatable bonds is 6. The fourth-order valence-corrected chi connectivity index (χ4v) is 4.43. The van der Waals surface area contributed by atoms with E-state index in [0.29, 0.717) is 17.2 Å². The van der Waals surface area contributed by atoms with E-state index >= 15 is 0 Å². The van der Waals surface area contributed by atoms with Crippen molar-refractivity contribution in [2.75, 3.05) is 11.5 Å². The molecule has 0 fully saturated rings. The lowest BCUT2D eigenvalue weighted by Gasteiger charge is -2.10. The summed E-state index contributed by atoms with van der Waals surface area (Å²) >= 11 is 0. The number of imidazole rings is 1. The van der Waals surface area contributed by atoms with E-state index in [0.717, 1.165) is 22.6 Å². The summed E-state index contributed by atoms with van der Waals surface area (Å²) in [4.78, 5) is 5.03. The Morgan fingerprint density at radius 3 is 2.45 bits per heavy atom. The van der Waals surface area contributed by atoms with Gasteiger partial charge in [0.15, 0.2) is 15.5 Å². The Kier molecular flexibility index (Phi) is 5.45. The largest absolute Gasteiger partial charge is 0.457 e. The second-order valence-corrected chi connectivity index (χ2v) is 9.94. The summed E-state index contributed by atoms with van der Waals surface area (Å²) in [7, 11) is -3.29. The summed E-state index contributed by atoms with van der Waals surface area (Å²) in [5, 5.41) is 0. The van der Waals surface area contributed by atoms with Gasteiger partial charge in [-0.3, -0.25) is 4.40 Å². The van der Waals surface area contributed by atoms with Gasteiger partial charge in [-0.05, 0) is 60.5 Å². The first-order valence-electron chi connectivity index (χ1n) is 10.2. The van der Waals surface area contributed by atoms with Crippen molar-refractivity contribution in [1.29, 1.82) is 0 Å². The molecule has 0 bridgehead atoms. The minimum Gasteiger partial charge on any atom is -0.457 e. The molecule has 0 aliphatic carbocycles. The van der Waals surface area contributed by atoms with Crippen LogP contribution in [0.25, 0.3) is 16.9 Å². The number of ether oxygens (including phenoxy) is 1. The summed E-state index contributed by atoms with van der Waals surface area (Å²) < 4.78 is 32.2. The smallest absolute Gasteiger partial charge is 0.178 e. The van der Waals surface area contributed by atoms with Crippen LogP contribution in [0.3, 0.4) is 0 Å². The van der Waals surface area contributed by atoms with E-state index in [-0.39, 0.29) is 16.6 Å². The number of sulfone groups is 1. The van der Waals surface area contributed by atoms with E-state index in [1.807, 2.05) is 47.0 Å². The van der Waals surface area contributed by atoms with Gasteiger partial charge >= 0.3 is 0 Å². The molecule has 0 aliphatic rings. The lowest BCUT2D eigenvalue weighted by atomic mass is 10.0. The van der Waals surface area contributed by atoms with Crippen LogP contribution in [0.5, 0.6) is 11.5 Å². The predicted molar refractivity (Wildman–Crippen MR) is 123 cm³/mol. The second kappa shape index (κ2) is 8.07. The lowest BCUT2D eigenvalue weighted by molar-refractivity contribution is 0.481. The molecule has 6 nitrogen and oxygen atoms in total. The normalized spacial score (nSPS) is 11.9. The number of pyridine rings is 1. The van der Waals surface area contributed by atoms with Gasteiger partial charge in [0, 0.05) is 11.8 Å². The Morgan fingerprint density at radius 1 is 1.03 bits per heavy atom. The van der Waals surface area contributed by atoms with Crippen LogP contribution in [0, 0.1) is 0 Å². The fourth-order valence-electron chi connectivity index (χ4n) is 3.51. The summed E-state index contributed by atoms with van der Waals surface area (Å²) in [6.45, 7) is 5.84. The van der Waals surface area contributed by atoms with Crippen molar-refractivity contribution in [3.8, 4) is 22.8 Å². The monoisotopic (exact) mass is 435 g/mol. The molecule has 2 heterocycles. The average Bonchev–Trinajstić information content (AvgIpc) is 3.16. The van der Waals surface area contributed by atoms with E-state index in [9.17, 15) is 8.42 Å². The first kappa shape index (κ1) is 20.9. The highest BCUT2D eigenvalue weighted by atomic mass is 32.2. The number of fused-ring (bicyclic) bond motifs is 1. The van der Waals surface area contributed by atoms with Gasteiger partial charge in [-0.15, -0.1) is 0 Å². The zero-order valence-electron chi connectivity index (χ0n) is 17.7. The van der Waals surface area contributed by atoms with Gasteiger partial charge in [-0.25, -0.2) is 13.4 Å². The van der Waals surface area contributed by atoms with E-state index in [2.05, 4.69) is 13.8 Å². The molecule has 31 heavy (non-hydrogen) atoms. The fraction of sp³-hybridized carbons (Fsp3) is 0.208. The Hall–Kier alpha value is -3.32. The summed E-state index contributed by atoms with van der Waals surface area (Å²) in [6, 6.07) is 18.0. The van der Waals surface area contributed by atoms with E-state index < -0.39 is 9.84 Å². The standard InChI is InChI=1S/C24H25N3O3S/c1-4-31(28,29)20-8-5-7-19(15-20)30-18-12-10-17(11-13-18)23-22(16(2)3)26-24-21(25)9-6-14-27(23)24/h5-16H,4,25H2,1-3H3. The highest BCUT2D eigenvalue weighted by Crippen LogP contribution is 2.33. The van der Waals surface area contributed by atoms with Crippen molar-refractivity contribution in [2.45, 2.75) is 31.6 Å². The molecule has 0 amide bonds. The SMILES string of the molecule is CCS(=O)(=O)c1cccc(Oc2ccc(-c3c(C(C)C)nc4c(N)cccn34)cc2)c1. The zero-order valence-corrected chi connectivity index (χ0v) is 18.6. The zero-order chi connectivity index (χ0) is 22.2. The number of nitrogen functional groups attached to an aromatic ring is 1. The molecule has 0 saturated heterocycles. The Morgan fingerprint density at radius 2 is 1.77 bits per heavy atom.